The summed E-state index contributed by atoms with van der Waals surface area (Å²) in [4.78, 5) is 27.4. The fourth-order valence-corrected chi connectivity index (χ4v) is 6.21. The van der Waals surface area contributed by atoms with Gasteiger partial charge >= 0.3 is 0 Å². The van der Waals surface area contributed by atoms with Crippen LogP contribution in [0.1, 0.15) is 24.0 Å². The minimum Gasteiger partial charge on any atom is -0.483 e. The van der Waals surface area contributed by atoms with Crippen molar-refractivity contribution in [2.45, 2.75) is 37.6 Å². The minimum absolute atomic E-state index is 0.0677. The maximum Gasteiger partial charge on any atom is 0.260 e. The number of rotatable bonds is 7. The van der Waals surface area contributed by atoms with Gasteiger partial charge in [0.1, 0.15) is 11.8 Å². The van der Waals surface area contributed by atoms with Gasteiger partial charge in [-0.15, -0.1) is 0 Å². The number of hydrogen-bond donors (Lipinski definition) is 1. The van der Waals surface area contributed by atoms with Crippen molar-refractivity contribution < 1.29 is 27.5 Å². The standard InChI is InChI=1S/C25H31N3O6S/c1-18-15-20(16-19(2)24(18)34-17-23(29)27-11-13-33-14-12-27)26-25(30)22-9-6-10-28(22)35(31,32)21-7-4-3-5-8-21/h3-5,7-8,15-16,22H,6,9-14,17H2,1-2H3,(H,26,30). The molecule has 2 saturated heterocycles. The lowest BCUT2D eigenvalue weighted by molar-refractivity contribution is -0.137. The average molecular weight is 502 g/mol. The lowest BCUT2D eigenvalue weighted by Gasteiger charge is -2.27. The van der Waals surface area contributed by atoms with E-state index >= 15 is 0 Å². The lowest BCUT2D eigenvalue weighted by atomic mass is 10.1. The zero-order chi connectivity index (χ0) is 25.0. The van der Waals surface area contributed by atoms with Crippen LogP contribution in [0.2, 0.25) is 0 Å². The number of hydrogen-bond acceptors (Lipinski definition) is 6. The van der Waals surface area contributed by atoms with E-state index in [0.29, 0.717) is 57.1 Å². The number of nitrogens with one attached hydrogen (secondary N) is 1. The molecule has 0 spiro atoms. The van der Waals surface area contributed by atoms with Gasteiger partial charge in [-0.1, -0.05) is 18.2 Å². The molecule has 2 aliphatic rings. The van der Waals surface area contributed by atoms with E-state index in [9.17, 15) is 18.0 Å². The van der Waals surface area contributed by atoms with Gasteiger partial charge in [-0.25, -0.2) is 8.42 Å². The third kappa shape index (κ3) is 5.66. The average Bonchev–Trinajstić information content (AvgIpc) is 3.36. The molecule has 2 heterocycles. The van der Waals surface area contributed by atoms with E-state index in [1.807, 2.05) is 13.8 Å². The second-order valence-electron chi connectivity index (χ2n) is 8.80. The molecule has 2 fully saturated rings. The summed E-state index contributed by atoms with van der Waals surface area (Å²) < 4.78 is 38.6. The minimum atomic E-state index is -3.76. The maximum absolute atomic E-state index is 13.1. The Morgan fingerprint density at radius 2 is 1.71 bits per heavy atom. The highest BCUT2D eigenvalue weighted by molar-refractivity contribution is 7.89. The number of sulfonamides is 1. The van der Waals surface area contributed by atoms with Crippen LogP contribution >= 0.6 is 0 Å². The van der Waals surface area contributed by atoms with Crippen LogP contribution in [0.5, 0.6) is 5.75 Å². The predicted octanol–water partition coefficient (Wildman–Crippen LogP) is 2.33. The van der Waals surface area contributed by atoms with E-state index < -0.39 is 16.1 Å². The molecule has 0 saturated carbocycles. The van der Waals surface area contributed by atoms with E-state index in [1.54, 1.807) is 35.2 Å². The molecule has 0 radical (unpaired) electrons. The third-order valence-corrected chi connectivity index (χ3v) is 8.21. The number of amides is 2. The monoisotopic (exact) mass is 501 g/mol. The second kappa shape index (κ2) is 10.8. The fraction of sp³-hybridized carbons (Fsp3) is 0.440. The molecule has 0 bridgehead atoms. The summed E-state index contributed by atoms with van der Waals surface area (Å²) >= 11 is 0. The topological polar surface area (TPSA) is 105 Å². The van der Waals surface area contributed by atoms with Crippen LogP contribution in [-0.2, 0) is 24.3 Å². The smallest absolute Gasteiger partial charge is 0.260 e. The van der Waals surface area contributed by atoms with Crippen molar-refractivity contribution in [2.75, 3.05) is 44.8 Å². The molecule has 10 heteroatoms. The number of anilines is 1. The normalized spacial score (nSPS) is 18.9. The van der Waals surface area contributed by atoms with Crippen LogP contribution in [0.15, 0.2) is 47.4 Å². The predicted molar refractivity (Wildman–Crippen MR) is 131 cm³/mol. The number of benzene rings is 2. The highest BCUT2D eigenvalue weighted by Gasteiger charge is 2.39. The van der Waals surface area contributed by atoms with Crippen molar-refractivity contribution in [3.63, 3.8) is 0 Å². The first-order valence-corrected chi connectivity index (χ1v) is 13.2. The Balaban J connectivity index is 1.42. The second-order valence-corrected chi connectivity index (χ2v) is 10.7. The molecule has 2 amide bonds. The molecule has 2 aromatic rings. The van der Waals surface area contributed by atoms with Gasteiger partial charge in [-0.05, 0) is 62.1 Å². The number of carbonyl (C=O) groups excluding carboxylic acids is 2. The van der Waals surface area contributed by atoms with Gasteiger partial charge in [-0.2, -0.15) is 4.31 Å². The van der Waals surface area contributed by atoms with Crippen LogP contribution in [0.4, 0.5) is 5.69 Å². The fourth-order valence-electron chi connectivity index (χ4n) is 4.53. The Morgan fingerprint density at radius 1 is 1.06 bits per heavy atom. The van der Waals surface area contributed by atoms with E-state index in [-0.39, 0.29) is 23.3 Å². The van der Waals surface area contributed by atoms with Crippen LogP contribution < -0.4 is 10.1 Å². The molecular weight excluding hydrogens is 470 g/mol. The first-order valence-electron chi connectivity index (χ1n) is 11.7. The largest absolute Gasteiger partial charge is 0.483 e. The summed E-state index contributed by atoms with van der Waals surface area (Å²) in [7, 11) is -3.76. The molecule has 2 aromatic carbocycles. The quantitative estimate of drug-likeness (QED) is 0.624. The Bertz CT molecular complexity index is 1160. The Kier molecular flexibility index (Phi) is 7.73. The van der Waals surface area contributed by atoms with Crippen molar-refractivity contribution in [3.05, 3.63) is 53.6 Å². The van der Waals surface area contributed by atoms with Gasteiger partial charge in [0.05, 0.1) is 18.1 Å². The molecular formula is C25H31N3O6S. The van der Waals surface area contributed by atoms with Gasteiger partial charge in [0, 0.05) is 25.3 Å². The van der Waals surface area contributed by atoms with E-state index in [2.05, 4.69) is 5.32 Å². The van der Waals surface area contributed by atoms with E-state index in [1.165, 1.54) is 16.4 Å². The molecule has 1 N–H and O–H groups in total. The number of ether oxygens (including phenoxy) is 2. The summed E-state index contributed by atoms with van der Waals surface area (Å²) in [5.74, 6) is 0.140. The Hall–Kier alpha value is -2.95. The third-order valence-electron chi connectivity index (χ3n) is 6.29. The first-order chi connectivity index (χ1) is 16.8. The molecule has 2 aliphatic heterocycles. The van der Waals surface area contributed by atoms with Crippen LogP contribution in [0.3, 0.4) is 0 Å². The molecule has 1 unspecified atom stereocenters. The van der Waals surface area contributed by atoms with Gasteiger partial charge in [-0.3, -0.25) is 9.59 Å². The van der Waals surface area contributed by atoms with Crippen molar-refractivity contribution >= 4 is 27.5 Å². The van der Waals surface area contributed by atoms with Crippen LogP contribution in [0, 0.1) is 13.8 Å². The first kappa shape index (κ1) is 25.2. The molecule has 9 nitrogen and oxygen atoms in total. The van der Waals surface area contributed by atoms with Crippen molar-refractivity contribution in [1.29, 1.82) is 0 Å². The summed E-state index contributed by atoms with van der Waals surface area (Å²) in [5, 5.41) is 2.87. The highest BCUT2D eigenvalue weighted by Crippen LogP contribution is 2.30. The molecule has 0 aromatic heterocycles. The van der Waals surface area contributed by atoms with Gasteiger partial charge < -0.3 is 19.7 Å². The lowest BCUT2D eigenvalue weighted by Crippen LogP contribution is -2.43. The van der Waals surface area contributed by atoms with Gasteiger partial charge in [0.2, 0.25) is 15.9 Å². The van der Waals surface area contributed by atoms with Crippen molar-refractivity contribution in [1.82, 2.24) is 9.21 Å². The zero-order valence-electron chi connectivity index (χ0n) is 20.0. The SMILES string of the molecule is Cc1cc(NC(=O)C2CCCN2S(=O)(=O)c2ccccc2)cc(C)c1OCC(=O)N1CCOCC1. The summed E-state index contributed by atoms with van der Waals surface area (Å²) in [6, 6.07) is 10.9. The zero-order valence-corrected chi connectivity index (χ0v) is 20.8. The van der Waals surface area contributed by atoms with Gasteiger partial charge in [0.15, 0.2) is 6.61 Å². The molecule has 1 atom stereocenters. The van der Waals surface area contributed by atoms with Gasteiger partial charge in [0.25, 0.3) is 5.91 Å². The van der Waals surface area contributed by atoms with Crippen molar-refractivity contribution in [3.8, 4) is 5.75 Å². The van der Waals surface area contributed by atoms with E-state index in [4.69, 9.17) is 9.47 Å². The number of carbonyl (C=O) groups is 2. The Labute approximate surface area is 206 Å². The van der Waals surface area contributed by atoms with E-state index in [0.717, 1.165) is 11.1 Å². The molecule has 35 heavy (non-hydrogen) atoms. The van der Waals surface area contributed by atoms with Crippen LogP contribution in [0.25, 0.3) is 0 Å². The number of morpholine rings is 1. The summed E-state index contributed by atoms with van der Waals surface area (Å²) in [5.41, 5.74) is 2.10. The van der Waals surface area contributed by atoms with Crippen LogP contribution in [-0.4, -0.2) is 74.9 Å². The molecule has 0 aliphatic carbocycles. The number of aryl methyl sites for hydroxylation is 2. The summed E-state index contributed by atoms with van der Waals surface area (Å²) in [6.45, 7) is 6.11. The highest BCUT2D eigenvalue weighted by atomic mass is 32.2. The molecule has 4 rings (SSSR count). The maximum atomic E-state index is 13.1. The summed E-state index contributed by atoms with van der Waals surface area (Å²) in [6.07, 6.45) is 1.08. The Morgan fingerprint density at radius 3 is 2.37 bits per heavy atom. The molecule has 188 valence electrons. The van der Waals surface area contributed by atoms with Crippen molar-refractivity contribution in [2.24, 2.45) is 0 Å². The number of nitrogens with zero attached hydrogens (tertiary/aromatic N) is 2.